The van der Waals surface area contributed by atoms with Crippen molar-refractivity contribution >= 4 is 23.6 Å². The molecule has 2 atom stereocenters. The summed E-state index contributed by atoms with van der Waals surface area (Å²) < 4.78 is 0. The van der Waals surface area contributed by atoms with E-state index < -0.39 is 18.1 Å². The molecule has 4 amide bonds. The predicted molar refractivity (Wildman–Crippen MR) is 86.5 cm³/mol. The summed E-state index contributed by atoms with van der Waals surface area (Å²) in [7, 11) is 0. The summed E-state index contributed by atoms with van der Waals surface area (Å²) in [5, 5.41) is 7.74. The van der Waals surface area contributed by atoms with Gasteiger partial charge >= 0.3 is 6.03 Å². The largest absolute Gasteiger partial charge is 0.352 e. The highest BCUT2D eigenvalue weighted by molar-refractivity contribution is 5.91. The molecule has 0 spiro atoms. The lowest BCUT2D eigenvalue weighted by molar-refractivity contribution is -0.131. The topological polar surface area (TPSA) is 130 Å². The third-order valence-corrected chi connectivity index (χ3v) is 3.33. The van der Waals surface area contributed by atoms with Gasteiger partial charge < -0.3 is 21.7 Å². The summed E-state index contributed by atoms with van der Waals surface area (Å²) in [5.41, 5.74) is 4.95. The lowest BCUT2D eigenvalue weighted by Gasteiger charge is -2.24. The minimum Gasteiger partial charge on any atom is -0.352 e. The molecule has 0 aliphatic rings. The normalized spacial score (nSPS) is 13.1. The standard InChI is InChI=1S/C15H28N4O4/c1-9(2)13(18-11(4)21)14(22)19-12(10(3)20)7-5-6-8-17-15(16)23/h9,12-13H,5-8H2,1-4H3,(H,18,21)(H,19,22)(H3,16,17,23)/t12-,13-/m0/s1. The van der Waals surface area contributed by atoms with Crippen LogP contribution < -0.4 is 21.7 Å². The van der Waals surface area contributed by atoms with Crippen LogP contribution in [0.4, 0.5) is 4.79 Å². The minimum atomic E-state index is -0.675. The number of hydrogen-bond donors (Lipinski definition) is 4. The van der Waals surface area contributed by atoms with Crippen molar-refractivity contribution in [3.8, 4) is 0 Å². The van der Waals surface area contributed by atoms with E-state index in [-0.39, 0.29) is 23.5 Å². The van der Waals surface area contributed by atoms with Crippen LogP contribution in [0.15, 0.2) is 0 Å². The SMILES string of the molecule is CC(=O)N[C@H](C(=O)N[C@@H](CCCCNC(N)=O)C(C)=O)C(C)C. The van der Waals surface area contributed by atoms with Crippen molar-refractivity contribution in [1.82, 2.24) is 16.0 Å². The molecule has 0 saturated heterocycles. The fourth-order valence-corrected chi connectivity index (χ4v) is 2.08. The highest BCUT2D eigenvalue weighted by Crippen LogP contribution is 2.06. The number of rotatable bonds is 10. The van der Waals surface area contributed by atoms with Gasteiger partial charge in [-0.15, -0.1) is 0 Å². The van der Waals surface area contributed by atoms with Gasteiger partial charge in [-0.25, -0.2) is 4.79 Å². The number of nitrogens with one attached hydrogen (secondary N) is 3. The molecule has 0 aliphatic heterocycles. The molecule has 8 heteroatoms. The molecular weight excluding hydrogens is 300 g/mol. The van der Waals surface area contributed by atoms with Gasteiger partial charge in [0.05, 0.1) is 6.04 Å². The molecule has 132 valence electrons. The third kappa shape index (κ3) is 9.49. The number of unbranched alkanes of at least 4 members (excludes halogenated alkanes) is 1. The quantitative estimate of drug-likeness (QED) is 0.422. The van der Waals surface area contributed by atoms with Crippen LogP contribution in [-0.4, -0.2) is 42.3 Å². The molecule has 23 heavy (non-hydrogen) atoms. The van der Waals surface area contributed by atoms with E-state index in [9.17, 15) is 19.2 Å². The summed E-state index contributed by atoms with van der Waals surface area (Å²) >= 11 is 0. The highest BCUT2D eigenvalue weighted by Gasteiger charge is 2.26. The van der Waals surface area contributed by atoms with Gasteiger partial charge in [-0.1, -0.05) is 13.8 Å². The first kappa shape index (κ1) is 20.9. The van der Waals surface area contributed by atoms with Crippen LogP contribution in [0.5, 0.6) is 0 Å². The monoisotopic (exact) mass is 328 g/mol. The maximum atomic E-state index is 12.3. The molecular formula is C15H28N4O4. The molecule has 0 rings (SSSR count). The van der Waals surface area contributed by atoms with Gasteiger partial charge in [0.25, 0.3) is 0 Å². The number of amides is 4. The van der Waals surface area contributed by atoms with E-state index in [0.29, 0.717) is 25.8 Å². The second-order valence-electron chi connectivity index (χ2n) is 5.88. The van der Waals surface area contributed by atoms with Crippen molar-refractivity contribution in [2.45, 2.75) is 59.0 Å². The number of nitrogens with two attached hydrogens (primary N) is 1. The maximum absolute atomic E-state index is 12.3. The molecule has 0 unspecified atom stereocenters. The van der Waals surface area contributed by atoms with E-state index in [2.05, 4.69) is 16.0 Å². The lowest BCUT2D eigenvalue weighted by Crippen LogP contribution is -2.53. The number of hydrogen-bond acceptors (Lipinski definition) is 4. The van der Waals surface area contributed by atoms with E-state index in [0.717, 1.165) is 0 Å². The lowest BCUT2D eigenvalue weighted by atomic mass is 10.0. The van der Waals surface area contributed by atoms with Crippen molar-refractivity contribution in [2.24, 2.45) is 11.7 Å². The number of primary amides is 1. The molecule has 0 heterocycles. The Bertz CT molecular complexity index is 437. The van der Waals surface area contributed by atoms with Gasteiger partial charge in [0.1, 0.15) is 6.04 Å². The number of carbonyl (C=O) groups is 4. The Morgan fingerprint density at radius 2 is 1.61 bits per heavy atom. The molecule has 0 aromatic rings. The molecule has 5 N–H and O–H groups in total. The molecule has 0 fully saturated rings. The van der Waals surface area contributed by atoms with Gasteiger partial charge in [-0.2, -0.15) is 0 Å². The first-order valence-corrected chi connectivity index (χ1v) is 7.76. The van der Waals surface area contributed by atoms with E-state index in [1.54, 1.807) is 0 Å². The second-order valence-corrected chi connectivity index (χ2v) is 5.88. The molecule has 0 aromatic heterocycles. The Morgan fingerprint density at radius 3 is 2.04 bits per heavy atom. The second kappa shape index (κ2) is 10.6. The van der Waals surface area contributed by atoms with Crippen molar-refractivity contribution in [3.05, 3.63) is 0 Å². The number of ketones is 1. The van der Waals surface area contributed by atoms with E-state index in [1.807, 2.05) is 13.8 Å². The summed E-state index contributed by atoms with van der Waals surface area (Å²) in [5.74, 6) is -0.903. The van der Waals surface area contributed by atoms with Gasteiger partial charge in [0.15, 0.2) is 5.78 Å². The van der Waals surface area contributed by atoms with E-state index in [4.69, 9.17) is 5.73 Å². The fraction of sp³-hybridized carbons (Fsp3) is 0.733. The Morgan fingerprint density at radius 1 is 1.00 bits per heavy atom. The summed E-state index contributed by atoms with van der Waals surface area (Å²) in [6.07, 6.45) is 1.77. The average molecular weight is 328 g/mol. The van der Waals surface area contributed by atoms with Gasteiger partial charge in [-0.3, -0.25) is 14.4 Å². The van der Waals surface area contributed by atoms with Crippen LogP contribution in [0.25, 0.3) is 0 Å². The van der Waals surface area contributed by atoms with Gasteiger partial charge in [0.2, 0.25) is 11.8 Å². The molecule has 0 saturated carbocycles. The Balaban J connectivity index is 4.49. The third-order valence-electron chi connectivity index (χ3n) is 3.33. The first-order chi connectivity index (χ1) is 10.6. The molecule has 0 radical (unpaired) electrons. The fourth-order valence-electron chi connectivity index (χ4n) is 2.08. The number of carbonyl (C=O) groups excluding carboxylic acids is 4. The molecule has 0 bridgehead atoms. The summed E-state index contributed by atoms with van der Waals surface area (Å²) in [4.78, 5) is 45.7. The van der Waals surface area contributed by atoms with Crippen LogP contribution in [0.3, 0.4) is 0 Å². The van der Waals surface area contributed by atoms with Gasteiger partial charge in [-0.05, 0) is 32.1 Å². The summed E-state index contributed by atoms with van der Waals surface area (Å²) in [6.45, 7) is 6.82. The van der Waals surface area contributed by atoms with Gasteiger partial charge in [0, 0.05) is 13.5 Å². The minimum absolute atomic E-state index is 0.0914. The van der Waals surface area contributed by atoms with Crippen LogP contribution in [-0.2, 0) is 14.4 Å². The van der Waals surface area contributed by atoms with E-state index in [1.165, 1.54) is 13.8 Å². The van der Waals surface area contributed by atoms with Crippen LogP contribution >= 0.6 is 0 Å². The molecule has 8 nitrogen and oxygen atoms in total. The predicted octanol–water partition coefficient (Wildman–Crippen LogP) is 0.0595. The van der Waals surface area contributed by atoms with Crippen molar-refractivity contribution in [2.75, 3.05) is 6.54 Å². The van der Waals surface area contributed by atoms with Crippen LogP contribution in [0.2, 0.25) is 0 Å². The zero-order valence-electron chi connectivity index (χ0n) is 14.3. The Hall–Kier alpha value is -2.12. The smallest absolute Gasteiger partial charge is 0.312 e. The van der Waals surface area contributed by atoms with E-state index >= 15 is 0 Å². The van der Waals surface area contributed by atoms with Crippen LogP contribution in [0.1, 0.15) is 47.0 Å². The van der Waals surface area contributed by atoms with Crippen molar-refractivity contribution < 1.29 is 19.2 Å². The number of Topliss-reactive ketones (excluding diaryl/α,β-unsaturated/α-hetero) is 1. The number of urea groups is 1. The molecule has 0 aliphatic carbocycles. The maximum Gasteiger partial charge on any atom is 0.312 e. The van der Waals surface area contributed by atoms with Crippen molar-refractivity contribution in [1.29, 1.82) is 0 Å². The Kier molecular flexibility index (Phi) is 9.60. The van der Waals surface area contributed by atoms with Crippen LogP contribution in [0, 0.1) is 5.92 Å². The summed E-state index contributed by atoms with van der Waals surface area (Å²) in [6, 6.07) is -1.87. The first-order valence-electron chi connectivity index (χ1n) is 7.76. The Labute approximate surface area is 136 Å². The van der Waals surface area contributed by atoms with Crippen molar-refractivity contribution in [3.63, 3.8) is 0 Å². The zero-order chi connectivity index (χ0) is 18.0. The zero-order valence-corrected chi connectivity index (χ0v) is 14.3. The molecule has 0 aromatic carbocycles. The highest BCUT2D eigenvalue weighted by atomic mass is 16.2. The average Bonchev–Trinajstić information content (AvgIpc) is 2.41.